The average Bonchev–Trinajstić information content (AvgIpc) is 3.52. The number of hydrogen-bond acceptors (Lipinski definition) is 7. The first kappa shape index (κ1) is 35.4. The van der Waals surface area contributed by atoms with Crippen LogP contribution >= 0.6 is 39.1 Å². The number of aryl methyl sites for hydroxylation is 2. The molecule has 0 aromatic heterocycles. The van der Waals surface area contributed by atoms with Crippen molar-refractivity contribution in [2.24, 2.45) is 23.7 Å². The molecule has 2 heterocycles. The number of rotatable bonds is 6. The van der Waals surface area contributed by atoms with Crippen molar-refractivity contribution in [3.63, 3.8) is 0 Å². The number of methoxy groups -OCH3 is 1. The van der Waals surface area contributed by atoms with Crippen molar-refractivity contribution in [3.05, 3.63) is 127 Å². The Hall–Kier alpha value is -4.64. The van der Waals surface area contributed by atoms with E-state index in [0.717, 1.165) is 15.1 Å². The number of fused-ring (bicyclic) bond motifs is 4. The standard InChI is InChI=1S/C41H34BrCl2N3O6/c1-20-16-22(17-21(2)36(20)48)35-28-13-14-29-34(39(51)46(37(29)49)26-9-6-24(42)7-10-26)30(28)19-31-38(50)47(45-33-15-8-25(43)18-32(33)44)40(52)41(31,35)23-4-11-27(53-3)12-5-23/h4-13,15-18,29-31,34-35,45,48H,14,19H2,1-3H3. The first-order valence-corrected chi connectivity index (χ1v) is 18.8. The number of nitrogens with one attached hydrogen (secondary N) is 1. The van der Waals surface area contributed by atoms with Crippen LogP contribution in [0.5, 0.6) is 11.5 Å². The van der Waals surface area contributed by atoms with Crippen LogP contribution in [0.3, 0.4) is 0 Å². The molecule has 4 aromatic rings. The van der Waals surface area contributed by atoms with Gasteiger partial charge < -0.3 is 9.84 Å². The molecule has 2 saturated heterocycles. The summed E-state index contributed by atoms with van der Waals surface area (Å²) in [5.41, 5.74) is 5.63. The van der Waals surface area contributed by atoms with Crippen molar-refractivity contribution in [2.75, 3.05) is 17.4 Å². The molecule has 4 amide bonds. The lowest BCUT2D eigenvalue weighted by atomic mass is 9.49. The molecule has 0 bridgehead atoms. The second-order valence-corrected chi connectivity index (χ2v) is 16.0. The van der Waals surface area contributed by atoms with Gasteiger partial charge in [0.15, 0.2) is 0 Å². The van der Waals surface area contributed by atoms with E-state index < -0.39 is 46.8 Å². The number of carbonyl (C=O) groups is 4. The number of ether oxygens (including phenoxy) is 1. The van der Waals surface area contributed by atoms with Gasteiger partial charge in [-0.1, -0.05) is 75.0 Å². The molecule has 8 rings (SSSR count). The number of amides is 4. The van der Waals surface area contributed by atoms with Gasteiger partial charge in [-0.05, 0) is 109 Å². The van der Waals surface area contributed by atoms with Crippen LogP contribution in [0, 0.1) is 37.5 Å². The third-order valence-electron chi connectivity index (χ3n) is 11.5. The van der Waals surface area contributed by atoms with Crippen molar-refractivity contribution >= 4 is 74.1 Å². The molecule has 0 radical (unpaired) electrons. The van der Waals surface area contributed by atoms with Gasteiger partial charge >= 0.3 is 0 Å². The Morgan fingerprint density at radius 2 is 1.55 bits per heavy atom. The second-order valence-electron chi connectivity index (χ2n) is 14.2. The average molecular weight is 816 g/mol. The summed E-state index contributed by atoms with van der Waals surface area (Å²) >= 11 is 16.2. The molecule has 0 spiro atoms. The smallest absolute Gasteiger partial charge is 0.260 e. The van der Waals surface area contributed by atoms with Crippen LogP contribution in [0.2, 0.25) is 10.0 Å². The van der Waals surface area contributed by atoms with Crippen molar-refractivity contribution in [2.45, 2.75) is 38.0 Å². The predicted octanol–water partition coefficient (Wildman–Crippen LogP) is 8.28. The van der Waals surface area contributed by atoms with Crippen LogP contribution in [0.4, 0.5) is 11.4 Å². The van der Waals surface area contributed by atoms with Crippen molar-refractivity contribution in [3.8, 4) is 11.5 Å². The number of aromatic hydroxyl groups is 1. The molecule has 4 aliphatic rings. The largest absolute Gasteiger partial charge is 0.507 e. The summed E-state index contributed by atoms with van der Waals surface area (Å²) in [5.74, 6) is -4.55. The van der Waals surface area contributed by atoms with Crippen LogP contribution in [0.1, 0.15) is 41.0 Å². The molecule has 3 fully saturated rings. The molecule has 2 aliphatic carbocycles. The zero-order valence-electron chi connectivity index (χ0n) is 28.9. The lowest BCUT2D eigenvalue weighted by Crippen LogP contribution is -2.53. The van der Waals surface area contributed by atoms with E-state index in [1.165, 1.54) is 11.0 Å². The van der Waals surface area contributed by atoms with Crippen LogP contribution in [0.15, 0.2) is 95.0 Å². The molecule has 270 valence electrons. The van der Waals surface area contributed by atoms with E-state index in [2.05, 4.69) is 21.4 Å². The fourth-order valence-electron chi connectivity index (χ4n) is 9.22. The SMILES string of the molecule is COc1ccc(C23C(=O)N(Nc4ccc(Cl)cc4Cl)C(=O)C2CC2C(=CCC4C(=O)N(c5ccc(Br)cc5)C(=O)C42)C3c2cc(C)c(O)c(C)c2)cc1. The van der Waals surface area contributed by atoms with Crippen molar-refractivity contribution in [1.29, 1.82) is 0 Å². The summed E-state index contributed by atoms with van der Waals surface area (Å²) in [5, 5.41) is 12.5. The second kappa shape index (κ2) is 13.0. The molecule has 6 atom stereocenters. The van der Waals surface area contributed by atoms with Gasteiger partial charge in [-0.25, -0.2) is 0 Å². The molecular weight excluding hydrogens is 781 g/mol. The molecule has 2 N–H and O–H groups in total. The minimum atomic E-state index is -1.50. The van der Waals surface area contributed by atoms with E-state index in [0.29, 0.717) is 44.4 Å². The molecule has 12 heteroatoms. The number of phenols is 1. The van der Waals surface area contributed by atoms with E-state index in [1.54, 1.807) is 69.5 Å². The number of allylic oxidation sites excluding steroid dienone is 2. The summed E-state index contributed by atoms with van der Waals surface area (Å²) in [7, 11) is 1.55. The highest BCUT2D eigenvalue weighted by atomic mass is 79.9. The zero-order chi connectivity index (χ0) is 37.5. The van der Waals surface area contributed by atoms with E-state index in [9.17, 15) is 19.5 Å². The Bertz CT molecular complexity index is 2240. The van der Waals surface area contributed by atoms with Gasteiger partial charge in [0.25, 0.3) is 11.8 Å². The lowest BCUT2D eigenvalue weighted by Gasteiger charge is -2.50. The lowest BCUT2D eigenvalue weighted by molar-refractivity contribution is -0.138. The van der Waals surface area contributed by atoms with Gasteiger partial charge in [-0.2, -0.15) is 5.01 Å². The fraction of sp³-hybridized carbons (Fsp3) is 0.268. The Labute approximate surface area is 324 Å². The Balaban J connectivity index is 1.34. The quantitative estimate of drug-likeness (QED) is 0.149. The molecule has 6 unspecified atom stereocenters. The van der Waals surface area contributed by atoms with Crippen LogP contribution in [-0.2, 0) is 24.6 Å². The summed E-state index contributed by atoms with van der Waals surface area (Å²) in [4.78, 5) is 60.3. The number of hydrazine groups is 1. The van der Waals surface area contributed by atoms with Gasteiger partial charge in [-0.15, -0.1) is 0 Å². The molecular formula is C41H34BrCl2N3O6. The van der Waals surface area contributed by atoms with Crippen molar-refractivity contribution in [1.82, 2.24) is 5.01 Å². The monoisotopic (exact) mass is 813 g/mol. The number of phenolic OH excluding ortho intramolecular Hbond substituents is 1. The first-order chi connectivity index (χ1) is 25.4. The summed E-state index contributed by atoms with van der Waals surface area (Å²) < 4.78 is 6.30. The third kappa shape index (κ3) is 5.32. The third-order valence-corrected chi connectivity index (χ3v) is 12.6. The highest BCUT2D eigenvalue weighted by Crippen LogP contribution is 2.64. The minimum absolute atomic E-state index is 0.130. The van der Waals surface area contributed by atoms with E-state index in [1.807, 2.05) is 30.3 Å². The van der Waals surface area contributed by atoms with Crippen LogP contribution in [-0.4, -0.2) is 40.9 Å². The number of hydrogen-bond donors (Lipinski definition) is 2. The van der Waals surface area contributed by atoms with Gasteiger partial charge in [0.1, 0.15) is 11.5 Å². The fourth-order valence-corrected chi connectivity index (χ4v) is 9.93. The minimum Gasteiger partial charge on any atom is -0.507 e. The highest BCUT2D eigenvalue weighted by Gasteiger charge is 2.70. The molecule has 9 nitrogen and oxygen atoms in total. The highest BCUT2D eigenvalue weighted by molar-refractivity contribution is 9.10. The van der Waals surface area contributed by atoms with E-state index in [4.69, 9.17) is 27.9 Å². The molecule has 1 saturated carbocycles. The maximum absolute atomic E-state index is 15.4. The van der Waals surface area contributed by atoms with Gasteiger partial charge in [0, 0.05) is 15.4 Å². The van der Waals surface area contributed by atoms with E-state index in [-0.39, 0.29) is 35.4 Å². The number of halogens is 3. The van der Waals surface area contributed by atoms with Gasteiger partial charge in [-0.3, -0.25) is 29.5 Å². The summed E-state index contributed by atoms with van der Waals surface area (Å²) in [6, 6.07) is 22.6. The molecule has 53 heavy (non-hydrogen) atoms. The number of benzene rings is 4. The van der Waals surface area contributed by atoms with Crippen molar-refractivity contribution < 1.29 is 29.0 Å². The number of carbonyl (C=O) groups excluding carboxylic acids is 4. The number of anilines is 2. The van der Waals surface area contributed by atoms with Gasteiger partial charge in [0.2, 0.25) is 11.8 Å². The summed E-state index contributed by atoms with van der Waals surface area (Å²) in [6.45, 7) is 3.59. The first-order valence-electron chi connectivity index (χ1n) is 17.2. The molecule has 2 aliphatic heterocycles. The Kier molecular flexibility index (Phi) is 8.71. The maximum atomic E-state index is 15.4. The topological polar surface area (TPSA) is 116 Å². The number of imide groups is 2. The zero-order valence-corrected chi connectivity index (χ0v) is 32.0. The summed E-state index contributed by atoms with van der Waals surface area (Å²) in [6.07, 6.45) is 2.43. The Morgan fingerprint density at radius 1 is 0.868 bits per heavy atom. The van der Waals surface area contributed by atoms with E-state index >= 15 is 4.79 Å². The normalized spacial score (nSPS) is 26.3. The van der Waals surface area contributed by atoms with Crippen LogP contribution < -0.4 is 15.1 Å². The predicted molar refractivity (Wildman–Crippen MR) is 205 cm³/mol. The molecule has 4 aromatic carbocycles. The maximum Gasteiger partial charge on any atom is 0.260 e. The Morgan fingerprint density at radius 3 is 2.19 bits per heavy atom. The number of nitrogens with zero attached hydrogens (tertiary/aromatic N) is 2. The van der Waals surface area contributed by atoms with Crippen LogP contribution in [0.25, 0.3) is 0 Å². The van der Waals surface area contributed by atoms with Gasteiger partial charge in [0.05, 0.1) is 46.7 Å².